The van der Waals surface area contributed by atoms with Crippen molar-refractivity contribution in [2.45, 2.75) is 12.6 Å². The van der Waals surface area contributed by atoms with Crippen LogP contribution in [-0.4, -0.2) is 52.7 Å². The lowest BCUT2D eigenvalue weighted by molar-refractivity contribution is -0.385. The molecule has 4 aromatic rings. The number of nitrogens with zero attached hydrogens (tertiary/aromatic N) is 6. The summed E-state index contributed by atoms with van der Waals surface area (Å²) in [4.78, 5) is 32.9. The molecule has 10 nitrogen and oxygen atoms in total. The van der Waals surface area contributed by atoms with Crippen LogP contribution < -0.4 is 15.2 Å². The molecule has 1 saturated heterocycles. The number of fused-ring (bicyclic) bond motifs is 1. The smallest absolute Gasteiger partial charge is 0.359 e. The average Bonchev–Trinajstić information content (AvgIpc) is 3.00. The van der Waals surface area contributed by atoms with Gasteiger partial charge in [0.15, 0.2) is 5.69 Å². The van der Waals surface area contributed by atoms with Crippen LogP contribution in [0, 0.1) is 45.4 Å². The van der Waals surface area contributed by atoms with Gasteiger partial charge in [-0.15, -0.1) is 6.42 Å². The van der Waals surface area contributed by atoms with Gasteiger partial charge >= 0.3 is 11.2 Å². The molecule has 42 heavy (non-hydrogen) atoms. The Morgan fingerprint density at radius 3 is 2.40 bits per heavy atom. The van der Waals surface area contributed by atoms with Gasteiger partial charge in [-0.05, 0) is 35.9 Å². The van der Waals surface area contributed by atoms with Crippen LogP contribution in [0.25, 0.3) is 11.0 Å². The number of nitro groups is 1. The first-order valence-corrected chi connectivity index (χ1v) is 12.9. The number of nitriles is 1. The van der Waals surface area contributed by atoms with E-state index in [2.05, 4.69) is 15.8 Å². The molecule has 0 amide bonds. The highest BCUT2D eigenvalue weighted by atomic mass is 19.1. The highest BCUT2D eigenvalue weighted by Gasteiger charge is 2.35. The van der Waals surface area contributed by atoms with Crippen molar-refractivity contribution in [3.63, 3.8) is 0 Å². The molecule has 1 aliphatic heterocycles. The highest BCUT2D eigenvalue weighted by molar-refractivity contribution is 5.94. The minimum atomic E-state index is -0.866. The zero-order valence-corrected chi connectivity index (χ0v) is 22.5. The molecule has 0 aliphatic carbocycles. The summed E-state index contributed by atoms with van der Waals surface area (Å²) in [6.07, 6.45) is 5.44. The number of halogens is 2. The summed E-state index contributed by atoms with van der Waals surface area (Å²) >= 11 is 0. The van der Waals surface area contributed by atoms with E-state index < -0.39 is 33.8 Å². The van der Waals surface area contributed by atoms with Gasteiger partial charge in [0.05, 0.1) is 30.1 Å². The summed E-state index contributed by atoms with van der Waals surface area (Å²) < 4.78 is 34.5. The molecule has 5 rings (SSSR count). The Hall–Kier alpha value is -5.33. The van der Waals surface area contributed by atoms with Crippen LogP contribution in [0.2, 0.25) is 0 Å². The molecule has 0 N–H and O–H groups in total. The van der Waals surface area contributed by atoms with Gasteiger partial charge in [0.1, 0.15) is 34.7 Å². The van der Waals surface area contributed by atoms with E-state index in [0.717, 1.165) is 10.1 Å². The predicted octanol–water partition coefficient (Wildman–Crippen LogP) is 4.01. The number of ether oxygens (including phenoxy) is 1. The zero-order chi connectivity index (χ0) is 30.0. The first kappa shape index (κ1) is 28.2. The summed E-state index contributed by atoms with van der Waals surface area (Å²) in [5, 5.41) is 21.7. The van der Waals surface area contributed by atoms with Crippen LogP contribution in [0.3, 0.4) is 0 Å². The largest absolute Gasteiger partial charge is 0.496 e. The number of aromatic nitrogens is 2. The monoisotopic (exact) mass is 570 g/mol. The molecular weight excluding hydrogens is 546 g/mol. The number of anilines is 1. The van der Waals surface area contributed by atoms with E-state index in [4.69, 9.17) is 11.2 Å². The third-order valence-electron chi connectivity index (χ3n) is 7.28. The van der Waals surface area contributed by atoms with E-state index in [0.29, 0.717) is 24.4 Å². The molecule has 3 heterocycles. The third-order valence-corrected chi connectivity index (χ3v) is 7.28. The molecule has 12 heteroatoms. The predicted molar refractivity (Wildman–Crippen MR) is 151 cm³/mol. The van der Waals surface area contributed by atoms with Gasteiger partial charge in [0, 0.05) is 37.8 Å². The molecule has 1 aliphatic rings. The molecule has 0 radical (unpaired) electrons. The Bertz CT molecular complexity index is 1820. The SMILES string of the molecule is C#CCn1c(=O)c([N+](=O)[O-])c(N2CCN(C(c3ccc(F)cc3)c3ccc(F)cc3OC)CC2)c2nc(C#N)ccc21. The van der Waals surface area contributed by atoms with Gasteiger partial charge in [0.2, 0.25) is 0 Å². The standard InChI is InChI=1S/C30H24F2N6O4/c1-3-12-37-24-11-9-22(18-33)34-26(24)28(29(30(37)39)38(40)41)36-15-13-35(14-16-36)27(19-4-6-20(31)7-5-19)23-10-8-21(32)17-25(23)42-2/h1,4-11,17,27H,12-16H2,2H3. The van der Waals surface area contributed by atoms with Gasteiger partial charge < -0.3 is 9.64 Å². The summed E-state index contributed by atoms with van der Waals surface area (Å²) in [7, 11) is 1.44. The van der Waals surface area contributed by atoms with Crippen molar-refractivity contribution < 1.29 is 18.4 Å². The van der Waals surface area contributed by atoms with Crippen LogP contribution in [0.15, 0.2) is 59.4 Å². The summed E-state index contributed by atoms with van der Waals surface area (Å²) in [6.45, 7) is 0.984. The number of methoxy groups -OCH3 is 1. The number of hydrogen-bond acceptors (Lipinski definition) is 8. The molecule has 0 bridgehead atoms. The quantitative estimate of drug-likeness (QED) is 0.186. The van der Waals surface area contributed by atoms with Gasteiger partial charge in [-0.1, -0.05) is 24.1 Å². The Morgan fingerprint density at radius 2 is 1.79 bits per heavy atom. The van der Waals surface area contributed by atoms with Crippen LogP contribution in [0.1, 0.15) is 22.9 Å². The second-order valence-electron chi connectivity index (χ2n) is 9.59. The van der Waals surface area contributed by atoms with E-state index >= 15 is 0 Å². The van der Waals surface area contributed by atoms with Crippen LogP contribution >= 0.6 is 0 Å². The van der Waals surface area contributed by atoms with Crippen molar-refractivity contribution >= 4 is 22.4 Å². The topological polar surface area (TPSA) is 118 Å². The number of pyridine rings is 2. The number of benzene rings is 2. The van der Waals surface area contributed by atoms with E-state index in [1.807, 2.05) is 6.07 Å². The molecule has 0 saturated carbocycles. The summed E-state index contributed by atoms with van der Waals surface area (Å²) in [6, 6.07) is 14.6. The fourth-order valence-electron chi connectivity index (χ4n) is 5.42. The van der Waals surface area contributed by atoms with Crippen molar-refractivity contribution in [1.82, 2.24) is 14.5 Å². The Labute approximate surface area is 239 Å². The first-order valence-electron chi connectivity index (χ1n) is 12.9. The maximum atomic E-state index is 14.1. The second kappa shape index (κ2) is 11.6. The average molecular weight is 571 g/mol. The number of hydrogen-bond donors (Lipinski definition) is 0. The fraction of sp³-hybridized carbons (Fsp3) is 0.233. The fourth-order valence-corrected chi connectivity index (χ4v) is 5.42. The molecule has 0 spiro atoms. The molecule has 2 aromatic carbocycles. The Balaban J connectivity index is 1.58. The lowest BCUT2D eigenvalue weighted by atomic mass is 9.95. The van der Waals surface area contributed by atoms with Crippen molar-refractivity contribution in [1.29, 1.82) is 5.26 Å². The molecular formula is C30H24F2N6O4. The molecule has 1 atom stereocenters. The number of piperazine rings is 1. The summed E-state index contributed by atoms with van der Waals surface area (Å²) in [5.41, 5.74) is 0.305. The van der Waals surface area contributed by atoms with Gasteiger partial charge in [-0.3, -0.25) is 24.4 Å². The van der Waals surface area contributed by atoms with Crippen LogP contribution in [0.4, 0.5) is 20.2 Å². The van der Waals surface area contributed by atoms with Crippen LogP contribution in [0.5, 0.6) is 5.75 Å². The van der Waals surface area contributed by atoms with Crippen molar-refractivity contribution in [3.05, 3.63) is 104 Å². The van der Waals surface area contributed by atoms with Gasteiger partial charge in [-0.2, -0.15) is 5.26 Å². The normalized spacial score (nSPS) is 14.3. The summed E-state index contributed by atoms with van der Waals surface area (Å²) in [5.74, 6) is 1.79. The zero-order valence-electron chi connectivity index (χ0n) is 22.5. The lowest BCUT2D eigenvalue weighted by Gasteiger charge is -2.40. The third kappa shape index (κ3) is 5.11. The van der Waals surface area contributed by atoms with Gasteiger partial charge in [-0.25, -0.2) is 13.8 Å². The number of terminal acetylenes is 1. The molecule has 1 unspecified atom stereocenters. The van der Waals surface area contributed by atoms with E-state index in [1.165, 1.54) is 43.5 Å². The molecule has 1 fully saturated rings. The van der Waals surface area contributed by atoms with Crippen LogP contribution in [-0.2, 0) is 6.54 Å². The van der Waals surface area contributed by atoms with Gasteiger partial charge in [0.25, 0.3) is 0 Å². The van der Waals surface area contributed by atoms with Crippen molar-refractivity contribution in [3.8, 4) is 24.2 Å². The Morgan fingerprint density at radius 1 is 1.10 bits per heavy atom. The minimum absolute atomic E-state index is 0.0164. The Kier molecular flexibility index (Phi) is 7.82. The van der Waals surface area contributed by atoms with E-state index in [-0.39, 0.29) is 42.0 Å². The maximum Gasteiger partial charge on any atom is 0.359 e. The first-order chi connectivity index (χ1) is 20.3. The second-order valence-corrected chi connectivity index (χ2v) is 9.59. The minimum Gasteiger partial charge on any atom is -0.496 e. The van der Waals surface area contributed by atoms with E-state index in [9.17, 15) is 29.0 Å². The maximum absolute atomic E-state index is 14.1. The highest BCUT2D eigenvalue weighted by Crippen LogP contribution is 2.38. The molecule has 2 aromatic heterocycles. The van der Waals surface area contributed by atoms with E-state index in [1.54, 1.807) is 23.1 Å². The number of rotatable bonds is 7. The lowest BCUT2D eigenvalue weighted by Crippen LogP contribution is -2.48. The van der Waals surface area contributed by atoms with Crippen molar-refractivity contribution in [2.24, 2.45) is 0 Å². The van der Waals surface area contributed by atoms with Crippen molar-refractivity contribution in [2.75, 3.05) is 38.2 Å². The molecule has 212 valence electrons.